The molecule has 4 rings (SSSR count). The van der Waals surface area contributed by atoms with Crippen molar-refractivity contribution < 1.29 is 14.3 Å². The van der Waals surface area contributed by atoms with Gasteiger partial charge in [-0.1, -0.05) is 30.3 Å². The van der Waals surface area contributed by atoms with E-state index in [1.165, 1.54) is 0 Å². The number of rotatable bonds is 5. The van der Waals surface area contributed by atoms with Gasteiger partial charge in [-0.05, 0) is 61.2 Å². The van der Waals surface area contributed by atoms with E-state index in [2.05, 4.69) is 24.3 Å². The number of hydrogen-bond donors (Lipinski definition) is 0. The minimum atomic E-state index is -0.0595. The van der Waals surface area contributed by atoms with Crippen LogP contribution in [0.1, 0.15) is 40.6 Å². The van der Waals surface area contributed by atoms with Crippen LogP contribution < -0.4 is 9.47 Å². The lowest BCUT2D eigenvalue weighted by Crippen LogP contribution is -2.31. The predicted octanol–water partition coefficient (Wildman–Crippen LogP) is 5.05. The number of nitrogens with zero attached hydrogens (tertiary/aromatic N) is 2. The number of ether oxygens (including phenoxy) is 2. The van der Waals surface area contributed by atoms with Crippen LogP contribution in [0.4, 0.5) is 0 Å². The molecule has 0 saturated carbocycles. The monoisotopic (exact) mass is 402 g/mol. The lowest BCUT2D eigenvalue weighted by Gasteiger charge is -2.26. The molecule has 0 spiro atoms. The fraction of sp³-hybridized carbons (Fsp3) is 0.280. The van der Waals surface area contributed by atoms with Gasteiger partial charge < -0.3 is 14.4 Å². The Morgan fingerprint density at radius 2 is 1.80 bits per heavy atom. The van der Waals surface area contributed by atoms with Crippen molar-refractivity contribution in [3.63, 3.8) is 0 Å². The van der Waals surface area contributed by atoms with Crippen LogP contribution in [0.3, 0.4) is 0 Å². The van der Waals surface area contributed by atoms with E-state index in [4.69, 9.17) is 14.5 Å². The van der Waals surface area contributed by atoms with Crippen molar-refractivity contribution in [3.05, 3.63) is 77.6 Å². The highest BCUT2D eigenvalue weighted by Crippen LogP contribution is 2.36. The van der Waals surface area contributed by atoms with Crippen LogP contribution in [0, 0.1) is 6.92 Å². The van der Waals surface area contributed by atoms with E-state index in [-0.39, 0.29) is 11.9 Å². The van der Waals surface area contributed by atoms with Gasteiger partial charge in [0.15, 0.2) is 0 Å². The molecule has 0 unspecified atom stereocenters. The van der Waals surface area contributed by atoms with Gasteiger partial charge in [-0.15, -0.1) is 0 Å². The minimum Gasteiger partial charge on any atom is -0.497 e. The van der Waals surface area contributed by atoms with Gasteiger partial charge in [-0.3, -0.25) is 9.78 Å². The average Bonchev–Trinajstić information content (AvgIpc) is 3.28. The molecule has 0 aliphatic carbocycles. The molecule has 1 amide bonds. The maximum absolute atomic E-state index is 13.5. The zero-order valence-electron chi connectivity index (χ0n) is 17.6. The van der Waals surface area contributed by atoms with Gasteiger partial charge in [0.05, 0.1) is 31.5 Å². The topological polar surface area (TPSA) is 51.7 Å². The standard InChI is InChI=1S/C25H26N2O3/c1-17-14-19(18-8-5-4-6-9-18)15-22(26-17)23-10-7-13-27(23)25(28)21-16-20(29-2)11-12-24(21)30-3/h4-6,8-9,11-12,14-16,23H,7,10,13H2,1-3H3/t23-/m0/s1. The number of carbonyl (C=O) groups is 1. The molecule has 0 bridgehead atoms. The fourth-order valence-corrected chi connectivity index (χ4v) is 4.12. The molecular formula is C25H26N2O3. The molecule has 2 heterocycles. The third-order valence-corrected chi connectivity index (χ3v) is 5.57. The summed E-state index contributed by atoms with van der Waals surface area (Å²) in [4.78, 5) is 20.2. The van der Waals surface area contributed by atoms with Crippen LogP contribution in [0.15, 0.2) is 60.7 Å². The normalized spacial score (nSPS) is 15.8. The Kier molecular flexibility index (Phi) is 5.70. The molecule has 1 aromatic heterocycles. The molecule has 1 fully saturated rings. The largest absolute Gasteiger partial charge is 0.497 e. The highest BCUT2D eigenvalue weighted by atomic mass is 16.5. The fourth-order valence-electron chi connectivity index (χ4n) is 4.12. The number of amides is 1. The zero-order chi connectivity index (χ0) is 21.1. The summed E-state index contributed by atoms with van der Waals surface area (Å²) in [5, 5.41) is 0. The van der Waals surface area contributed by atoms with Gasteiger partial charge in [0.25, 0.3) is 5.91 Å². The molecule has 0 N–H and O–H groups in total. The first-order valence-electron chi connectivity index (χ1n) is 10.2. The number of benzene rings is 2. The highest BCUT2D eigenvalue weighted by molar-refractivity contribution is 5.97. The summed E-state index contributed by atoms with van der Waals surface area (Å²) in [5.41, 5.74) is 4.66. The summed E-state index contributed by atoms with van der Waals surface area (Å²) in [6, 6.07) is 19.7. The van der Waals surface area contributed by atoms with Crippen LogP contribution in [0.2, 0.25) is 0 Å². The molecule has 1 saturated heterocycles. The van der Waals surface area contributed by atoms with Crippen LogP contribution in [0.5, 0.6) is 11.5 Å². The van der Waals surface area contributed by atoms with Crippen LogP contribution in [-0.4, -0.2) is 36.6 Å². The van der Waals surface area contributed by atoms with Gasteiger partial charge in [-0.25, -0.2) is 0 Å². The summed E-state index contributed by atoms with van der Waals surface area (Å²) >= 11 is 0. The van der Waals surface area contributed by atoms with Gasteiger partial charge >= 0.3 is 0 Å². The Balaban J connectivity index is 1.70. The lowest BCUT2D eigenvalue weighted by molar-refractivity contribution is 0.0729. The Labute approximate surface area is 177 Å². The van der Waals surface area contributed by atoms with Crippen LogP contribution in [-0.2, 0) is 0 Å². The first-order valence-corrected chi connectivity index (χ1v) is 10.2. The van der Waals surface area contributed by atoms with E-state index >= 15 is 0 Å². The summed E-state index contributed by atoms with van der Waals surface area (Å²) in [7, 11) is 3.17. The van der Waals surface area contributed by atoms with Gasteiger partial charge in [0.2, 0.25) is 0 Å². The van der Waals surface area contributed by atoms with Crippen molar-refractivity contribution in [2.75, 3.05) is 20.8 Å². The highest BCUT2D eigenvalue weighted by Gasteiger charge is 2.33. The Morgan fingerprint density at radius 3 is 2.53 bits per heavy atom. The molecule has 154 valence electrons. The number of pyridine rings is 1. The van der Waals surface area contributed by atoms with E-state index in [9.17, 15) is 4.79 Å². The first-order chi connectivity index (χ1) is 14.6. The molecule has 5 nitrogen and oxygen atoms in total. The molecule has 1 aliphatic heterocycles. The Bertz CT molecular complexity index is 1050. The van der Waals surface area contributed by atoms with Crippen LogP contribution >= 0.6 is 0 Å². The zero-order valence-corrected chi connectivity index (χ0v) is 17.6. The molecular weight excluding hydrogens is 376 g/mol. The third-order valence-electron chi connectivity index (χ3n) is 5.57. The van der Waals surface area contributed by atoms with Crippen molar-refractivity contribution in [2.45, 2.75) is 25.8 Å². The number of aromatic nitrogens is 1. The second-order valence-electron chi connectivity index (χ2n) is 7.51. The first kappa shape index (κ1) is 20.0. The van der Waals surface area contributed by atoms with E-state index in [0.29, 0.717) is 23.6 Å². The molecule has 30 heavy (non-hydrogen) atoms. The minimum absolute atomic E-state index is 0.0576. The van der Waals surface area contributed by atoms with Crippen molar-refractivity contribution in [3.8, 4) is 22.6 Å². The second-order valence-corrected chi connectivity index (χ2v) is 7.51. The molecule has 1 aliphatic rings. The number of aryl methyl sites for hydroxylation is 1. The number of methoxy groups -OCH3 is 2. The molecule has 0 radical (unpaired) electrons. The maximum atomic E-state index is 13.5. The predicted molar refractivity (Wildman–Crippen MR) is 117 cm³/mol. The Hall–Kier alpha value is -3.34. The van der Waals surface area contributed by atoms with Gasteiger partial charge in [0.1, 0.15) is 11.5 Å². The van der Waals surface area contributed by atoms with E-state index in [0.717, 1.165) is 35.4 Å². The Morgan fingerprint density at radius 1 is 1.00 bits per heavy atom. The SMILES string of the molecule is COc1ccc(OC)c(C(=O)N2CCC[C@H]2c2cc(-c3ccccc3)cc(C)n2)c1. The lowest BCUT2D eigenvalue weighted by atomic mass is 10.0. The smallest absolute Gasteiger partial charge is 0.258 e. The molecule has 3 aromatic rings. The van der Waals surface area contributed by atoms with E-state index in [1.54, 1.807) is 32.4 Å². The van der Waals surface area contributed by atoms with E-state index in [1.807, 2.05) is 30.0 Å². The van der Waals surface area contributed by atoms with Crippen molar-refractivity contribution in [1.82, 2.24) is 9.88 Å². The quantitative estimate of drug-likeness (QED) is 0.599. The van der Waals surface area contributed by atoms with Crippen molar-refractivity contribution >= 4 is 5.91 Å². The maximum Gasteiger partial charge on any atom is 0.258 e. The molecule has 5 heteroatoms. The number of likely N-dealkylation sites (tertiary alicyclic amines) is 1. The van der Waals surface area contributed by atoms with Crippen molar-refractivity contribution in [2.24, 2.45) is 0 Å². The van der Waals surface area contributed by atoms with E-state index < -0.39 is 0 Å². The summed E-state index contributed by atoms with van der Waals surface area (Å²) in [6.07, 6.45) is 1.84. The average molecular weight is 402 g/mol. The molecule has 2 aromatic carbocycles. The summed E-state index contributed by atoms with van der Waals surface area (Å²) in [6.45, 7) is 2.70. The summed E-state index contributed by atoms with van der Waals surface area (Å²) < 4.78 is 10.8. The van der Waals surface area contributed by atoms with Crippen molar-refractivity contribution in [1.29, 1.82) is 0 Å². The third kappa shape index (κ3) is 3.88. The second kappa shape index (κ2) is 8.57. The molecule has 1 atom stereocenters. The number of hydrogen-bond acceptors (Lipinski definition) is 4. The summed E-state index contributed by atoms with van der Waals surface area (Å²) in [5.74, 6) is 1.13. The van der Waals surface area contributed by atoms with Gasteiger partial charge in [0, 0.05) is 12.2 Å². The number of carbonyl (C=O) groups excluding carboxylic acids is 1. The van der Waals surface area contributed by atoms with Gasteiger partial charge in [-0.2, -0.15) is 0 Å². The van der Waals surface area contributed by atoms with Crippen LogP contribution in [0.25, 0.3) is 11.1 Å².